The molecular formula is C33H34ClFN2O6. The van der Waals surface area contributed by atoms with Gasteiger partial charge in [-0.25, -0.2) is 9.29 Å². The van der Waals surface area contributed by atoms with Crippen molar-refractivity contribution in [2.45, 2.75) is 58.9 Å². The van der Waals surface area contributed by atoms with E-state index >= 15 is 0 Å². The van der Waals surface area contributed by atoms with Crippen molar-refractivity contribution in [1.29, 1.82) is 0 Å². The number of fused-ring (bicyclic) bond motifs is 4. The van der Waals surface area contributed by atoms with Crippen molar-refractivity contribution in [2.75, 3.05) is 11.5 Å². The molecule has 4 aliphatic rings. The Morgan fingerprint density at radius 3 is 2.44 bits per heavy atom. The van der Waals surface area contributed by atoms with Gasteiger partial charge in [-0.15, -0.1) is 0 Å². The average Bonchev–Trinajstić information content (AvgIpc) is 3.31. The number of phenolic OH excluding ortho intramolecular Hbond substituents is 1. The van der Waals surface area contributed by atoms with Crippen molar-refractivity contribution >= 4 is 40.9 Å². The largest absolute Gasteiger partial charge is 0.504 e. The van der Waals surface area contributed by atoms with Gasteiger partial charge in [0.15, 0.2) is 11.5 Å². The predicted octanol–water partition coefficient (Wildman–Crippen LogP) is 5.61. The summed E-state index contributed by atoms with van der Waals surface area (Å²) in [6, 6.07) is 8.74. The summed E-state index contributed by atoms with van der Waals surface area (Å²) in [5.41, 5.74) is -0.802. The molecule has 2 aliphatic heterocycles. The number of carbonyl (C=O) groups is 4. The van der Waals surface area contributed by atoms with Crippen LogP contribution in [0.1, 0.15) is 58.9 Å². The third kappa shape index (κ3) is 4.07. The predicted molar refractivity (Wildman–Crippen MR) is 157 cm³/mol. The number of allylic oxidation sites excluding steroid dienone is 2. The number of anilines is 1. The molecule has 4 amide bonds. The lowest BCUT2D eigenvalue weighted by atomic mass is 9.51. The second-order valence-corrected chi connectivity index (χ2v) is 13.5. The number of aromatic hydroxyl groups is 1. The van der Waals surface area contributed by atoms with Gasteiger partial charge < -0.3 is 9.84 Å². The van der Waals surface area contributed by atoms with Crippen molar-refractivity contribution in [3.8, 4) is 11.5 Å². The van der Waals surface area contributed by atoms with E-state index in [0.717, 1.165) is 16.5 Å². The first-order valence-electron chi connectivity index (χ1n) is 14.6. The van der Waals surface area contributed by atoms with E-state index in [1.165, 1.54) is 17.0 Å². The van der Waals surface area contributed by atoms with E-state index in [2.05, 4.69) is 0 Å². The number of likely N-dealkylation sites (tertiary alicyclic amines) is 1. The normalized spacial score (nSPS) is 30.3. The molecule has 0 bridgehead atoms. The van der Waals surface area contributed by atoms with E-state index in [-0.39, 0.29) is 40.4 Å². The lowest BCUT2D eigenvalue weighted by Gasteiger charge is -2.49. The molecule has 8 nitrogen and oxygen atoms in total. The molecule has 43 heavy (non-hydrogen) atoms. The highest BCUT2D eigenvalue weighted by atomic mass is 35.5. The molecule has 2 heterocycles. The fourth-order valence-electron chi connectivity index (χ4n) is 7.93. The number of hydrogen-bond donors (Lipinski definition) is 1. The molecule has 6 atom stereocenters. The molecule has 2 saturated heterocycles. The van der Waals surface area contributed by atoms with Crippen LogP contribution in [-0.2, 0) is 19.2 Å². The number of hydrogen-bond acceptors (Lipinski definition) is 6. The zero-order chi connectivity index (χ0) is 31.2. The molecule has 0 spiro atoms. The molecule has 6 rings (SSSR count). The van der Waals surface area contributed by atoms with Crippen LogP contribution < -0.4 is 9.64 Å². The average molecular weight is 609 g/mol. The minimum Gasteiger partial charge on any atom is -0.504 e. The van der Waals surface area contributed by atoms with Crippen LogP contribution in [0.3, 0.4) is 0 Å². The molecule has 2 aromatic rings. The van der Waals surface area contributed by atoms with Crippen LogP contribution in [0.2, 0.25) is 5.02 Å². The van der Waals surface area contributed by atoms with E-state index in [1.54, 1.807) is 32.0 Å². The number of nitrogens with zero attached hydrogens (tertiary/aromatic N) is 2. The third-order valence-corrected chi connectivity index (χ3v) is 10.0. The summed E-state index contributed by atoms with van der Waals surface area (Å²) in [5, 5.41) is 11.3. The Labute approximate surface area is 254 Å². The summed E-state index contributed by atoms with van der Waals surface area (Å²) in [6.45, 7) is 9.25. The molecule has 1 N–H and O–H groups in total. The highest BCUT2D eigenvalue weighted by Gasteiger charge is 2.68. The summed E-state index contributed by atoms with van der Waals surface area (Å²) in [6.07, 6.45) is 2.40. The van der Waals surface area contributed by atoms with Crippen LogP contribution in [0.25, 0.3) is 0 Å². The van der Waals surface area contributed by atoms with Gasteiger partial charge in [0.2, 0.25) is 23.6 Å². The summed E-state index contributed by atoms with van der Waals surface area (Å²) in [5.74, 6) is -5.61. The van der Waals surface area contributed by atoms with E-state index in [0.29, 0.717) is 18.6 Å². The fourth-order valence-corrected chi connectivity index (χ4v) is 8.11. The number of imide groups is 2. The molecule has 1 saturated carbocycles. The maximum atomic E-state index is 14.5. The summed E-state index contributed by atoms with van der Waals surface area (Å²) in [7, 11) is 0. The molecule has 2 aliphatic carbocycles. The van der Waals surface area contributed by atoms with Gasteiger partial charge >= 0.3 is 0 Å². The Balaban J connectivity index is 1.54. The Bertz CT molecular complexity index is 1610. The van der Waals surface area contributed by atoms with Crippen LogP contribution >= 0.6 is 11.6 Å². The van der Waals surface area contributed by atoms with Crippen molar-refractivity contribution in [2.24, 2.45) is 29.1 Å². The maximum absolute atomic E-state index is 14.5. The van der Waals surface area contributed by atoms with Gasteiger partial charge in [0.1, 0.15) is 5.82 Å². The monoisotopic (exact) mass is 608 g/mol. The highest BCUT2D eigenvalue weighted by Crippen LogP contribution is 2.65. The topological polar surface area (TPSA) is 104 Å². The molecule has 0 aromatic heterocycles. The van der Waals surface area contributed by atoms with Crippen LogP contribution in [-0.4, -0.2) is 45.8 Å². The minimum atomic E-state index is -1.37. The summed E-state index contributed by atoms with van der Waals surface area (Å²) < 4.78 is 19.7. The maximum Gasteiger partial charge on any atom is 0.241 e. The van der Waals surface area contributed by atoms with Gasteiger partial charge in [-0.2, -0.15) is 0 Å². The lowest BCUT2D eigenvalue weighted by molar-refractivity contribution is -0.145. The van der Waals surface area contributed by atoms with Gasteiger partial charge in [-0.05, 0) is 77.6 Å². The van der Waals surface area contributed by atoms with Crippen LogP contribution in [0.5, 0.6) is 11.5 Å². The molecule has 0 radical (unpaired) electrons. The van der Waals surface area contributed by atoms with E-state index in [1.807, 2.05) is 26.8 Å². The Kier molecular flexibility index (Phi) is 6.76. The van der Waals surface area contributed by atoms with Gasteiger partial charge in [0.05, 0.1) is 40.5 Å². The Morgan fingerprint density at radius 2 is 1.79 bits per heavy atom. The van der Waals surface area contributed by atoms with Gasteiger partial charge in [0, 0.05) is 17.0 Å². The molecule has 226 valence electrons. The van der Waals surface area contributed by atoms with E-state index < -0.39 is 58.2 Å². The van der Waals surface area contributed by atoms with Crippen molar-refractivity contribution < 1.29 is 33.4 Å². The number of rotatable bonds is 4. The van der Waals surface area contributed by atoms with Crippen molar-refractivity contribution in [1.82, 2.24) is 4.90 Å². The van der Waals surface area contributed by atoms with Gasteiger partial charge in [0.25, 0.3) is 0 Å². The number of carbonyl (C=O) groups excluding carboxylic acids is 4. The van der Waals surface area contributed by atoms with Crippen LogP contribution in [0, 0.1) is 34.9 Å². The second-order valence-electron chi connectivity index (χ2n) is 13.1. The number of ether oxygens (including phenoxy) is 1. The van der Waals surface area contributed by atoms with Crippen molar-refractivity contribution in [3.05, 3.63) is 64.5 Å². The van der Waals surface area contributed by atoms with Crippen LogP contribution in [0.4, 0.5) is 10.1 Å². The summed E-state index contributed by atoms with van der Waals surface area (Å²) in [4.78, 5) is 58.6. The smallest absolute Gasteiger partial charge is 0.241 e. The molecule has 10 heteroatoms. The first-order valence-corrected chi connectivity index (χ1v) is 15.0. The third-order valence-electron chi connectivity index (χ3n) is 9.75. The zero-order valence-electron chi connectivity index (χ0n) is 24.7. The SMILES string of the molecule is CCOc1cccc([C@H]2C3=CC[C@@H]4C(=O)N(C(C)(C)C)C(=O)[C@@H]4[C@@H]3C[C@H]3C(=O)N(c4ccc(F)c(Cl)c4)C(=O)[C@@]23C)c1O. The highest BCUT2D eigenvalue weighted by molar-refractivity contribution is 6.31. The van der Waals surface area contributed by atoms with Gasteiger partial charge in [-0.1, -0.05) is 35.4 Å². The lowest BCUT2D eigenvalue weighted by Crippen LogP contribution is -2.49. The van der Waals surface area contributed by atoms with E-state index in [9.17, 15) is 28.7 Å². The number of amides is 4. The summed E-state index contributed by atoms with van der Waals surface area (Å²) >= 11 is 6.05. The zero-order valence-corrected chi connectivity index (χ0v) is 25.4. The van der Waals surface area contributed by atoms with Gasteiger partial charge in [-0.3, -0.25) is 24.1 Å². The number of halogens is 2. The fraction of sp³-hybridized carbons (Fsp3) is 0.455. The number of phenols is 1. The first kappa shape index (κ1) is 29.4. The molecule has 3 fully saturated rings. The number of para-hydroxylation sites is 1. The Morgan fingerprint density at radius 1 is 1.07 bits per heavy atom. The number of benzene rings is 2. The first-order chi connectivity index (χ1) is 20.2. The second kappa shape index (κ2) is 9.91. The Hall–Kier alpha value is -3.72. The minimum absolute atomic E-state index is 0.143. The molecular weight excluding hydrogens is 575 g/mol. The quantitative estimate of drug-likeness (QED) is 0.357. The standard InChI is InChI=1S/C33H34ClFN2O6/c1-6-43-24-9-7-8-19(27(24)38)26-17-11-12-18-25(30(41)37(28(18)39)32(2,3)4)20(17)15-21-29(40)36(31(42)33(21,26)5)16-10-13-23(35)22(34)14-16/h7-11,13-14,18,20-21,25-26,38H,6,12,15H2,1-5H3/t18-,20+,21-,25-,26+,33+/m0/s1. The van der Waals surface area contributed by atoms with E-state index in [4.69, 9.17) is 16.3 Å². The van der Waals surface area contributed by atoms with Crippen LogP contribution in [0.15, 0.2) is 48.0 Å². The molecule has 2 aromatic carbocycles. The van der Waals surface area contributed by atoms with Crippen molar-refractivity contribution in [3.63, 3.8) is 0 Å². The molecule has 0 unspecified atom stereocenters.